The van der Waals surface area contributed by atoms with E-state index in [1.165, 1.54) is 24.3 Å². The Labute approximate surface area is 115 Å². The van der Waals surface area contributed by atoms with Gasteiger partial charge in [0, 0.05) is 12.1 Å². The number of hydrogen-bond donors (Lipinski definition) is 2. The molecule has 0 saturated heterocycles. The lowest BCUT2D eigenvalue weighted by molar-refractivity contribution is -0.384. The first-order chi connectivity index (χ1) is 9.52. The molecule has 0 aliphatic rings. The van der Waals surface area contributed by atoms with Crippen LogP contribution >= 0.6 is 0 Å². The van der Waals surface area contributed by atoms with Crippen LogP contribution < -0.4 is 5.32 Å². The minimum atomic E-state index is -0.687. The first-order valence-corrected chi connectivity index (χ1v) is 5.87. The summed E-state index contributed by atoms with van der Waals surface area (Å²) in [6.45, 7) is 2.04. The maximum absolute atomic E-state index is 11.3. The van der Waals surface area contributed by atoms with Crippen molar-refractivity contribution >= 4 is 17.7 Å². The number of nitro benzene ring substituents is 1. The lowest BCUT2D eigenvalue weighted by Gasteiger charge is -2.08. The van der Waals surface area contributed by atoms with Crippen LogP contribution in [-0.2, 0) is 16.1 Å². The molecule has 0 unspecified atom stereocenters. The standard InChI is InChI=1S/C12H15N3O5/c1-2-19-11(13)7-14-12(16)20-8-9-3-5-10(6-4-9)15(17)18/h3-6,13H,2,7-8H2,1H3,(H,14,16). The number of amides is 1. The highest BCUT2D eigenvalue weighted by Crippen LogP contribution is 2.12. The van der Waals surface area contributed by atoms with Gasteiger partial charge in [0.15, 0.2) is 0 Å². The van der Waals surface area contributed by atoms with Gasteiger partial charge in [-0.25, -0.2) is 4.79 Å². The Kier molecular flexibility index (Phi) is 5.95. The van der Waals surface area contributed by atoms with Gasteiger partial charge in [-0.3, -0.25) is 15.5 Å². The lowest BCUT2D eigenvalue weighted by Crippen LogP contribution is -2.30. The molecular weight excluding hydrogens is 266 g/mol. The Morgan fingerprint density at radius 2 is 2.00 bits per heavy atom. The predicted octanol–water partition coefficient (Wildman–Crippen LogP) is 1.83. The van der Waals surface area contributed by atoms with Gasteiger partial charge in [-0.1, -0.05) is 0 Å². The number of nitrogens with zero attached hydrogens (tertiary/aromatic N) is 1. The second-order valence-electron chi connectivity index (χ2n) is 3.71. The minimum Gasteiger partial charge on any atom is -0.480 e. The van der Waals surface area contributed by atoms with E-state index in [2.05, 4.69) is 5.32 Å². The summed E-state index contributed by atoms with van der Waals surface area (Å²) in [6, 6.07) is 5.68. The number of nitro groups is 1. The van der Waals surface area contributed by atoms with Gasteiger partial charge in [-0.2, -0.15) is 0 Å². The molecule has 0 heterocycles. The molecule has 1 aromatic carbocycles. The van der Waals surface area contributed by atoms with Crippen LogP contribution in [0.2, 0.25) is 0 Å². The quantitative estimate of drug-likeness (QED) is 0.357. The predicted molar refractivity (Wildman–Crippen MR) is 70.6 cm³/mol. The van der Waals surface area contributed by atoms with E-state index < -0.39 is 11.0 Å². The zero-order chi connectivity index (χ0) is 15.0. The maximum Gasteiger partial charge on any atom is 0.407 e. The summed E-state index contributed by atoms with van der Waals surface area (Å²) in [4.78, 5) is 21.3. The highest BCUT2D eigenvalue weighted by atomic mass is 16.6. The summed E-state index contributed by atoms with van der Waals surface area (Å²) in [5.74, 6) is -0.0558. The molecule has 20 heavy (non-hydrogen) atoms. The first-order valence-electron chi connectivity index (χ1n) is 5.87. The third-order valence-corrected chi connectivity index (χ3v) is 2.23. The summed E-state index contributed by atoms with van der Waals surface area (Å²) < 4.78 is 9.72. The number of carbonyl (C=O) groups excluding carboxylic acids is 1. The number of carbonyl (C=O) groups is 1. The van der Waals surface area contributed by atoms with Crippen molar-refractivity contribution in [3.05, 3.63) is 39.9 Å². The Hall–Kier alpha value is -2.64. The summed E-state index contributed by atoms with van der Waals surface area (Å²) >= 11 is 0. The van der Waals surface area contributed by atoms with E-state index in [9.17, 15) is 14.9 Å². The Morgan fingerprint density at radius 1 is 1.35 bits per heavy atom. The van der Waals surface area contributed by atoms with E-state index in [0.717, 1.165) is 0 Å². The van der Waals surface area contributed by atoms with E-state index in [1.54, 1.807) is 6.92 Å². The van der Waals surface area contributed by atoms with Crippen molar-refractivity contribution in [2.75, 3.05) is 13.2 Å². The number of rotatable bonds is 6. The normalized spacial score (nSPS) is 9.65. The van der Waals surface area contributed by atoms with Crippen molar-refractivity contribution in [3.8, 4) is 0 Å². The molecule has 0 spiro atoms. The monoisotopic (exact) mass is 281 g/mol. The maximum atomic E-state index is 11.3. The van der Waals surface area contributed by atoms with Gasteiger partial charge >= 0.3 is 6.09 Å². The van der Waals surface area contributed by atoms with Crippen LogP contribution in [0.4, 0.5) is 10.5 Å². The fourth-order valence-electron chi connectivity index (χ4n) is 1.29. The van der Waals surface area contributed by atoms with Gasteiger partial charge in [-0.05, 0) is 24.6 Å². The third kappa shape index (κ3) is 5.34. The molecule has 0 aliphatic heterocycles. The van der Waals surface area contributed by atoms with Crippen molar-refractivity contribution in [3.63, 3.8) is 0 Å². The first kappa shape index (κ1) is 15.4. The van der Waals surface area contributed by atoms with Crippen LogP contribution in [-0.4, -0.2) is 30.1 Å². The van der Waals surface area contributed by atoms with Crippen LogP contribution in [0.3, 0.4) is 0 Å². The minimum absolute atomic E-state index is 0.00814. The molecule has 0 bridgehead atoms. The van der Waals surface area contributed by atoms with E-state index in [0.29, 0.717) is 12.2 Å². The molecule has 0 aromatic heterocycles. The van der Waals surface area contributed by atoms with E-state index in [1.807, 2.05) is 0 Å². The SMILES string of the molecule is CCOC(=N)CNC(=O)OCc1ccc([N+](=O)[O-])cc1. The highest BCUT2D eigenvalue weighted by molar-refractivity contribution is 5.79. The summed E-state index contributed by atoms with van der Waals surface area (Å²) in [6.07, 6.45) is -0.687. The summed E-state index contributed by atoms with van der Waals surface area (Å²) in [5.41, 5.74) is 0.606. The van der Waals surface area contributed by atoms with Crippen molar-refractivity contribution in [1.82, 2.24) is 5.32 Å². The van der Waals surface area contributed by atoms with Gasteiger partial charge in [0.2, 0.25) is 5.90 Å². The third-order valence-electron chi connectivity index (χ3n) is 2.23. The molecule has 0 atom stereocenters. The lowest BCUT2D eigenvalue weighted by atomic mass is 10.2. The van der Waals surface area contributed by atoms with Crippen LogP contribution in [0, 0.1) is 15.5 Å². The van der Waals surface area contributed by atoms with E-state index >= 15 is 0 Å². The largest absolute Gasteiger partial charge is 0.480 e. The topological polar surface area (TPSA) is 115 Å². The fraction of sp³-hybridized carbons (Fsp3) is 0.333. The number of ether oxygens (including phenoxy) is 2. The van der Waals surface area contributed by atoms with Gasteiger partial charge in [0.1, 0.15) is 6.61 Å². The second-order valence-corrected chi connectivity index (χ2v) is 3.71. The zero-order valence-corrected chi connectivity index (χ0v) is 10.9. The Morgan fingerprint density at radius 3 is 2.55 bits per heavy atom. The van der Waals surface area contributed by atoms with Crippen molar-refractivity contribution in [1.29, 1.82) is 5.41 Å². The second kappa shape index (κ2) is 7.72. The molecule has 1 aromatic rings. The molecule has 0 aliphatic carbocycles. The van der Waals surface area contributed by atoms with Crippen LogP contribution in [0.1, 0.15) is 12.5 Å². The Bertz CT molecular complexity index is 486. The van der Waals surface area contributed by atoms with Gasteiger partial charge in [0.25, 0.3) is 5.69 Å². The number of alkyl carbamates (subject to hydrolysis) is 1. The molecule has 0 saturated carbocycles. The van der Waals surface area contributed by atoms with Crippen LogP contribution in [0.25, 0.3) is 0 Å². The van der Waals surface area contributed by atoms with Crippen molar-refractivity contribution < 1.29 is 19.2 Å². The summed E-state index contributed by atoms with van der Waals surface area (Å²) in [7, 11) is 0. The van der Waals surface area contributed by atoms with Gasteiger partial charge in [0.05, 0.1) is 18.1 Å². The summed E-state index contributed by atoms with van der Waals surface area (Å²) in [5, 5.41) is 20.1. The molecule has 2 N–H and O–H groups in total. The molecule has 108 valence electrons. The van der Waals surface area contributed by atoms with E-state index in [-0.39, 0.29) is 24.7 Å². The smallest absolute Gasteiger partial charge is 0.407 e. The fourth-order valence-corrected chi connectivity index (χ4v) is 1.29. The van der Waals surface area contributed by atoms with Gasteiger partial charge in [-0.15, -0.1) is 0 Å². The average Bonchev–Trinajstić information content (AvgIpc) is 2.43. The Balaban J connectivity index is 2.33. The molecule has 0 fully saturated rings. The molecule has 8 nitrogen and oxygen atoms in total. The van der Waals surface area contributed by atoms with Gasteiger partial charge < -0.3 is 14.8 Å². The molecular formula is C12H15N3O5. The number of nitrogens with one attached hydrogen (secondary N) is 2. The molecule has 1 amide bonds. The number of non-ortho nitro benzene ring substituents is 1. The molecule has 8 heteroatoms. The van der Waals surface area contributed by atoms with Crippen molar-refractivity contribution in [2.45, 2.75) is 13.5 Å². The van der Waals surface area contributed by atoms with Crippen LogP contribution in [0.15, 0.2) is 24.3 Å². The van der Waals surface area contributed by atoms with Crippen LogP contribution in [0.5, 0.6) is 0 Å². The highest BCUT2D eigenvalue weighted by Gasteiger charge is 2.07. The molecule has 0 radical (unpaired) electrons. The van der Waals surface area contributed by atoms with Crippen molar-refractivity contribution in [2.24, 2.45) is 0 Å². The van der Waals surface area contributed by atoms with E-state index in [4.69, 9.17) is 14.9 Å². The zero-order valence-electron chi connectivity index (χ0n) is 10.9. The molecule has 1 rings (SSSR count). The average molecular weight is 281 g/mol. The number of hydrogen-bond acceptors (Lipinski definition) is 6. The number of benzene rings is 1.